The number of methoxy groups -OCH3 is 1. The van der Waals surface area contributed by atoms with E-state index < -0.39 is 10.0 Å². The predicted molar refractivity (Wildman–Crippen MR) is 144 cm³/mol. The van der Waals surface area contributed by atoms with Crippen molar-refractivity contribution in [1.82, 2.24) is 24.4 Å². The first-order valence-electron chi connectivity index (χ1n) is 12.4. The Kier molecular flexibility index (Phi) is 9.18. The molecule has 0 atom stereocenters. The fraction of sp³-hybridized carbons (Fsp3) is 0.385. The molecule has 1 amide bonds. The average molecular weight is 558 g/mol. The molecule has 1 saturated heterocycles. The second kappa shape index (κ2) is 12.5. The quantitative estimate of drug-likeness (QED) is 0.282. The van der Waals surface area contributed by atoms with Gasteiger partial charge in [0.15, 0.2) is 10.9 Å². The van der Waals surface area contributed by atoms with Crippen LogP contribution in [0.2, 0.25) is 0 Å². The summed E-state index contributed by atoms with van der Waals surface area (Å²) >= 11 is 1.24. The number of Topliss-reactive ketones (excluding diaryl/α,β-unsaturated/α-hetero) is 1. The van der Waals surface area contributed by atoms with Gasteiger partial charge in [-0.1, -0.05) is 36.4 Å². The molecule has 1 fully saturated rings. The van der Waals surface area contributed by atoms with Crippen molar-refractivity contribution in [1.29, 1.82) is 0 Å². The highest BCUT2D eigenvalue weighted by atomic mass is 32.2. The fourth-order valence-electron chi connectivity index (χ4n) is 4.20. The van der Waals surface area contributed by atoms with Crippen LogP contribution >= 0.6 is 11.8 Å². The zero-order chi connectivity index (χ0) is 27.1. The largest absolute Gasteiger partial charge is 0.497 e. The summed E-state index contributed by atoms with van der Waals surface area (Å²) in [6.45, 7) is 2.91. The fourth-order valence-corrected chi connectivity index (χ4v) is 6.58. The van der Waals surface area contributed by atoms with E-state index in [0.717, 1.165) is 24.9 Å². The highest BCUT2D eigenvalue weighted by molar-refractivity contribution is 7.99. The molecule has 12 heteroatoms. The summed E-state index contributed by atoms with van der Waals surface area (Å²) in [7, 11) is -1.97. The van der Waals surface area contributed by atoms with Crippen LogP contribution in [0, 0.1) is 0 Å². The summed E-state index contributed by atoms with van der Waals surface area (Å²) in [4.78, 5) is 24.5. The van der Waals surface area contributed by atoms with Crippen LogP contribution < -0.4 is 10.1 Å². The molecule has 2 heterocycles. The number of thioether (sulfide) groups is 1. The molecule has 3 aromatic rings. The van der Waals surface area contributed by atoms with Gasteiger partial charge >= 0.3 is 0 Å². The molecule has 1 N–H and O–H groups in total. The normalized spacial score (nSPS) is 14.3. The van der Waals surface area contributed by atoms with E-state index in [2.05, 4.69) is 15.5 Å². The van der Waals surface area contributed by atoms with Gasteiger partial charge in [0.25, 0.3) is 0 Å². The lowest BCUT2D eigenvalue weighted by Crippen LogP contribution is -2.35. The molecule has 2 aromatic carbocycles. The van der Waals surface area contributed by atoms with Gasteiger partial charge in [-0.3, -0.25) is 14.2 Å². The van der Waals surface area contributed by atoms with Crippen molar-refractivity contribution in [2.45, 2.75) is 42.7 Å². The molecule has 1 aliphatic rings. The lowest BCUT2D eigenvalue weighted by Gasteiger charge is -2.25. The summed E-state index contributed by atoms with van der Waals surface area (Å²) in [6, 6.07) is 13.5. The second-order valence-electron chi connectivity index (χ2n) is 8.87. The number of carbonyl (C=O) groups is 2. The highest BCUT2D eigenvalue weighted by Gasteiger charge is 2.26. The van der Waals surface area contributed by atoms with Crippen molar-refractivity contribution in [2.75, 3.05) is 32.5 Å². The Morgan fingerprint density at radius 2 is 1.79 bits per heavy atom. The molecule has 0 unspecified atom stereocenters. The molecule has 0 radical (unpaired) electrons. The Bertz CT molecular complexity index is 1380. The third-order valence-electron chi connectivity index (χ3n) is 6.20. The van der Waals surface area contributed by atoms with Crippen LogP contribution in [0.25, 0.3) is 5.69 Å². The zero-order valence-electron chi connectivity index (χ0n) is 21.4. The van der Waals surface area contributed by atoms with E-state index in [-0.39, 0.29) is 22.3 Å². The third-order valence-corrected chi connectivity index (χ3v) is 9.04. The molecule has 1 aromatic heterocycles. The Morgan fingerprint density at radius 3 is 2.47 bits per heavy atom. The standard InChI is InChI=1S/C26H31N5O5S2/c1-19(32)27-14-13-25-28-29-26(31(25)21-7-6-8-22(17-21)36-2)37-18-24(33)20-9-11-23(12-10-20)38(34,35)30-15-4-3-5-16-30/h6-12,17H,3-5,13-16,18H2,1-2H3,(H,27,32). The van der Waals surface area contributed by atoms with Gasteiger partial charge in [0.2, 0.25) is 15.9 Å². The van der Waals surface area contributed by atoms with Crippen LogP contribution in [0.5, 0.6) is 5.75 Å². The number of benzene rings is 2. The minimum atomic E-state index is -3.55. The number of nitrogens with one attached hydrogen (secondary N) is 1. The van der Waals surface area contributed by atoms with Crippen LogP contribution in [0.4, 0.5) is 0 Å². The molecular weight excluding hydrogens is 526 g/mol. The summed E-state index contributed by atoms with van der Waals surface area (Å²) in [5, 5.41) is 11.9. The molecule has 0 aliphatic carbocycles. The number of piperidine rings is 1. The number of hydrogen-bond donors (Lipinski definition) is 1. The number of sulfonamides is 1. The number of amides is 1. The minimum Gasteiger partial charge on any atom is -0.497 e. The maximum absolute atomic E-state index is 13.0. The Morgan fingerprint density at radius 1 is 1.05 bits per heavy atom. The number of rotatable bonds is 11. The van der Waals surface area contributed by atoms with Crippen molar-refractivity contribution in [3.63, 3.8) is 0 Å². The molecule has 4 rings (SSSR count). The molecule has 0 spiro atoms. The Labute approximate surface area is 226 Å². The van der Waals surface area contributed by atoms with Crippen LogP contribution in [-0.2, 0) is 21.2 Å². The Balaban J connectivity index is 1.49. The topological polar surface area (TPSA) is 123 Å². The number of nitrogens with zero attached hydrogens (tertiary/aromatic N) is 4. The molecule has 0 bridgehead atoms. The van der Waals surface area contributed by atoms with Crippen LogP contribution in [0.1, 0.15) is 42.4 Å². The molecule has 0 saturated carbocycles. The van der Waals surface area contributed by atoms with Crippen LogP contribution in [0.3, 0.4) is 0 Å². The Hall–Kier alpha value is -3.22. The number of carbonyl (C=O) groups excluding carboxylic acids is 2. The van der Waals surface area contributed by atoms with E-state index in [0.29, 0.717) is 48.3 Å². The molecule has 202 valence electrons. The summed E-state index contributed by atoms with van der Waals surface area (Å²) in [6.07, 6.45) is 3.22. The zero-order valence-corrected chi connectivity index (χ0v) is 23.1. The van der Waals surface area contributed by atoms with E-state index in [1.807, 2.05) is 28.8 Å². The first kappa shape index (κ1) is 27.8. The van der Waals surface area contributed by atoms with Gasteiger partial charge < -0.3 is 10.1 Å². The van der Waals surface area contributed by atoms with Crippen molar-refractivity contribution in [3.8, 4) is 11.4 Å². The van der Waals surface area contributed by atoms with Crippen molar-refractivity contribution in [2.24, 2.45) is 0 Å². The van der Waals surface area contributed by atoms with E-state index in [9.17, 15) is 18.0 Å². The molecule has 10 nitrogen and oxygen atoms in total. The number of ketones is 1. The number of aromatic nitrogens is 3. The van der Waals surface area contributed by atoms with Gasteiger partial charge in [0.1, 0.15) is 11.6 Å². The van der Waals surface area contributed by atoms with Crippen LogP contribution in [-0.4, -0.2) is 71.7 Å². The van der Waals surface area contributed by atoms with Gasteiger partial charge in [0, 0.05) is 44.6 Å². The molecular formula is C26H31N5O5S2. The van der Waals surface area contributed by atoms with Crippen LogP contribution in [0.15, 0.2) is 58.6 Å². The maximum Gasteiger partial charge on any atom is 0.243 e. The monoisotopic (exact) mass is 557 g/mol. The number of hydrogen-bond acceptors (Lipinski definition) is 8. The smallest absolute Gasteiger partial charge is 0.243 e. The predicted octanol–water partition coefficient (Wildman–Crippen LogP) is 3.10. The van der Waals surface area contributed by atoms with Gasteiger partial charge in [-0.25, -0.2) is 8.42 Å². The lowest BCUT2D eigenvalue weighted by atomic mass is 10.1. The van der Waals surface area contributed by atoms with Gasteiger partial charge in [-0.15, -0.1) is 10.2 Å². The van der Waals surface area contributed by atoms with Crippen molar-refractivity contribution >= 4 is 33.5 Å². The first-order valence-corrected chi connectivity index (χ1v) is 14.8. The van der Waals surface area contributed by atoms with E-state index in [1.54, 1.807) is 19.2 Å². The summed E-state index contributed by atoms with van der Waals surface area (Å²) in [5.74, 6) is 1.10. The second-order valence-corrected chi connectivity index (χ2v) is 11.8. The first-order chi connectivity index (χ1) is 18.3. The summed E-state index contributed by atoms with van der Waals surface area (Å²) in [5.41, 5.74) is 1.20. The van der Waals surface area contributed by atoms with E-state index in [1.165, 1.54) is 35.1 Å². The molecule has 1 aliphatic heterocycles. The number of ether oxygens (including phenoxy) is 1. The summed E-state index contributed by atoms with van der Waals surface area (Å²) < 4.78 is 34.5. The highest BCUT2D eigenvalue weighted by Crippen LogP contribution is 2.26. The van der Waals surface area contributed by atoms with Gasteiger partial charge in [-0.2, -0.15) is 4.31 Å². The third kappa shape index (κ3) is 6.61. The van der Waals surface area contributed by atoms with E-state index in [4.69, 9.17) is 4.74 Å². The average Bonchev–Trinajstić information content (AvgIpc) is 3.34. The van der Waals surface area contributed by atoms with Crippen molar-refractivity contribution in [3.05, 3.63) is 59.9 Å². The minimum absolute atomic E-state index is 0.0893. The SMILES string of the molecule is COc1cccc(-n2c(CCNC(C)=O)nnc2SCC(=O)c2ccc(S(=O)(=O)N3CCCCC3)cc2)c1. The van der Waals surface area contributed by atoms with E-state index >= 15 is 0 Å². The maximum atomic E-state index is 13.0. The van der Waals surface area contributed by atoms with Gasteiger partial charge in [-0.05, 0) is 37.1 Å². The van der Waals surface area contributed by atoms with Crippen molar-refractivity contribution < 1.29 is 22.7 Å². The van der Waals surface area contributed by atoms with Gasteiger partial charge in [0.05, 0.1) is 23.4 Å². The molecule has 38 heavy (non-hydrogen) atoms. The lowest BCUT2D eigenvalue weighted by molar-refractivity contribution is -0.118.